The molecule has 1 aliphatic carbocycles. The number of ether oxygens (including phenoxy) is 6. The Labute approximate surface area is 575 Å². The molecule has 2 aliphatic rings. The van der Waals surface area contributed by atoms with E-state index in [1.165, 1.54) is 31.7 Å². The Balaban J connectivity index is 0.000000374. The van der Waals surface area contributed by atoms with Crippen molar-refractivity contribution in [1.82, 2.24) is 19.1 Å². The molecule has 8 aromatic rings. The fraction of sp³-hybridized carbons (Fsp3) is 0.346. The zero-order valence-corrected chi connectivity index (χ0v) is 58.0. The van der Waals surface area contributed by atoms with Crippen molar-refractivity contribution in [3.63, 3.8) is 0 Å². The number of carbonyl (C=O) groups excluding carboxylic acids is 4. The van der Waals surface area contributed by atoms with Gasteiger partial charge in [0.2, 0.25) is 0 Å². The summed E-state index contributed by atoms with van der Waals surface area (Å²) in [6.07, 6.45) is 1.69. The third kappa shape index (κ3) is 18.6. The van der Waals surface area contributed by atoms with Gasteiger partial charge in [-0.3, -0.25) is 14.2 Å². The van der Waals surface area contributed by atoms with Crippen molar-refractivity contribution in [3.05, 3.63) is 243 Å². The molecule has 0 spiro atoms. The van der Waals surface area contributed by atoms with E-state index in [4.69, 9.17) is 37.5 Å². The quantitative estimate of drug-likeness (QED) is 0.0243. The summed E-state index contributed by atoms with van der Waals surface area (Å²) in [5.74, 6) is 2.04. The Morgan fingerprint density at radius 2 is 1.26 bits per heavy atom. The summed E-state index contributed by atoms with van der Waals surface area (Å²) >= 11 is 0. The Morgan fingerprint density at radius 1 is 0.704 bits per heavy atom. The Kier molecular flexibility index (Phi) is 26.2. The van der Waals surface area contributed by atoms with Crippen molar-refractivity contribution in [2.75, 3.05) is 60.1 Å². The normalized spacial score (nSPS) is 15.1. The van der Waals surface area contributed by atoms with Gasteiger partial charge in [-0.25, -0.2) is 14.3 Å². The lowest BCUT2D eigenvalue weighted by molar-refractivity contribution is -0.118. The summed E-state index contributed by atoms with van der Waals surface area (Å²) in [5.41, 5.74) is 7.72. The number of Topliss-reactive ketones (excluding diaryl/α,β-unsaturated/α-hetero) is 2. The number of anilines is 1. The highest BCUT2D eigenvalue weighted by molar-refractivity contribution is 7.44. The number of nitrogens with one attached hydrogen (secondary N) is 1. The van der Waals surface area contributed by atoms with E-state index in [0.29, 0.717) is 62.3 Å². The fourth-order valence-corrected chi connectivity index (χ4v) is 14.0. The molecule has 19 nitrogen and oxygen atoms in total. The molecule has 0 radical (unpaired) electrons. The van der Waals surface area contributed by atoms with Crippen LogP contribution in [-0.4, -0.2) is 122 Å². The molecule has 1 unspecified atom stereocenters. The molecule has 0 saturated carbocycles. The minimum atomic E-state index is -1.74. The van der Waals surface area contributed by atoms with Gasteiger partial charge < -0.3 is 52.5 Å². The number of rotatable bonds is 31. The average Bonchev–Trinajstić information content (AvgIpc) is 1.57. The zero-order chi connectivity index (χ0) is 69.7. The van der Waals surface area contributed by atoms with Crippen LogP contribution in [0.15, 0.2) is 193 Å². The molecule has 4 atom stereocenters. The Bertz CT molecular complexity index is 3930. The molecule has 10 rings (SSSR count). The molecule has 0 bridgehead atoms. The van der Waals surface area contributed by atoms with Gasteiger partial charge in [-0.1, -0.05) is 127 Å². The number of nitriles is 1. The number of amides is 2. The second-order valence-corrected chi connectivity index (χ2v) is 26.0. The van der Waals surface area contributed by atoms with Crippen LogP contribution in [0.3, 0.4) is 0 Å². The minimum absolute atomic E-state index is 0.00599. The van der Waals surface area contributed by atoms with Crippen molar-refractivity contribution < 1.29 is 56.6 Å². The van der Waals surface area contributed by atoms with E-state index in [-0.39, 0.29) is 67.5 Å². The van der Waals surface area contributed by atoms with Crippen LogP contribution in [0.25, 0.3) is 11.1 Å². The van der Waals surface area contributed by atoms with Gasteiger partial charge >= 0.3 is 11.8 Å². The van der Waals surface area contributed by atoms with E-state index in [0.717, 1.165) is 33.6 Å². The van der Waals surface area contributed by atoms with E-state index < -0.39 is 44.2 Å². The van der Waals surface area contributed by atoms with Crippen LogP contribution in [0, 0.1) is 11.3 Å². The van der Waals surface area contributed by atoms with Crippen molar-refractivity contribution in [1.29, 1.82) is 5.26 Å². The molecule has 1 N–H and O–H groups in total. The lowest BCUT2D eigenvalue weighted by Gasteiger charge is -2.39. The van der Waals surface area contributed by atoms with Crippen molar-refractivity contribution in [2.45, 2.75) is 122 Å². The van der Waals surface area contributed by atoms with Crippen molar-refractivity contribution in [2.24, 2.45) is 0 Å². The van der Waals surface area contributed by atoms with Crippen LogP contribution in [0.1, 0.15) is 128 Å². The predicted octanol–water partition coefficient (Wildman–Crippen LogP) is 14.5. The number of methoxy groups -OCH3 is 3. The smallest absolute Gasteiger partial charge is 0.409 e. The number of carbonyl (C=O) groups is 4. The topological polar surface area (TPSA) is 219 Å². The molecule has 1 aromatic heterocycles. The maximum Gasteiger partial charge on any atom is 0.409 e. The van der Waals surface area contributed by atoms with Gasteiger partial charge in [0.25, 0.3) is 14.4 Å². The highest BCUT2D eigenvalue weighted by Gasteiger charge is 2.45. The molecule has 2 heterocycles. The average molecular weight is 1350 g/mol. The molecule has 1 fully saturated rings. The van der Waals surface area contributed by atoms with Crippen LogP contribution in [-0.2, 0) is 51.3 Å². The summed E-state index contributed by atoms with van der Waals surface area (Å²) in [5, 5.41) is 12.2. The molecule has 512 valence electrons. The van der Waals surface area contributed by atoms with Gasteiger partial charge in [0.15, 0.2) is 0 Å². The molecule has 1 saturated heterocycles. The maximum atomic E-state index is 14.0. The summed E-state index contributed by atoms with van der Waals surface area (Å²) in [4.78, 5) is 69.1. The van der Waals surface area contributed by atoms with E-state index in [2.05, 4.69) is 73.0 Å². The van der Waals surface area contributed by atoms with E-state index >= 15 is 0 Å². The summed E-state index contributed by atoms with van der Waals surface area (Å²) in [6, 6.07) is 60.2. The number of aryl methyl sites for hydroxylation is 1. The van der Waals surface area contributed by atoms with Gasteiger partial charge in [-0.2, -0.15) is 10.2 Å². The first kappa shape index (κ1) is 72.9. The number of nitrogens with zero attached hydrogens (tertiary/aromatic N) is 5. The molecule has 1 aliphatic heterocycles. The molecular formula is C78H87N6O13P. The van der Waals surface area contributed by atoms with Crippen molar-refractivity contribution in [3.8, 4) is 34.4 Å². The first-order valence-corrected chi connectivity index (χ1v) is 34.1. The number of hydrogen-bond acceptors (Lipinski definition) is 16. The maximum absolute atomic E-state index is 14.0. The molecule has 20 heteroatoms. The first-order valence-electron chi connectivity index (χ1n) is 33.0. The molecule has 98 heavy (non-hydrogen) atoms. The van der Waals surface area contributed by atoms with E-state index in [1.807, 2.05) is 140 Å². The lowest BCUT2D eigenvalue weighted by atomic mass is 9.80. The summed E-state index contributed by atoms with van der Waals surface area (Å²) in [7, 11) is 4.82. The molecular weight excluding hydrogens is 1260 g/mol. The third-order valence-corrected chi connectivity index (χ3v) is 19.4. The number of ketones is 2. The fourth-order valence-electron chi connectivity index (χ4n) is 12.2. The van der Waals surface area contributed by atoms with Gasteiger partial charge in [0, 0.05) is 69.0 Å². The largest absolute Gasteiger partial charge is 0.497 e. The van der Waals surface area contributed by atoms with Gasteiger partial charge in [0.1, 0.15) is 59.2 Å². The van der Waals surface area contributed by atoms with Gasteiger partial charge in [0.05, 0.1) is 53.1 Å². The van der Waals surface area contributed by atoms with Crippen LogP contribution >= 0.6 is 8.53 Å². The van der Waals surface area contributed by atoms with Crippen LogP contribution < -0.4 is 25.2 Å². The SMILES string of the molecule is CC(=O)CCCN(C)C(=O)OCC1c2ccccc2-c2ccccc21.COc1ccc(CC(=O)CCc2ccc(C(=O)Nc3ccn([C@H]4C[C@@H](OP(OCCC#N)N(C(C)C)C(C)C)[C@@H](COC(c5ccccc5)(c5ccc(OC)cc5)c5ccc(OC)cc5)O4)c(=O)n3)cc2)cc1. The van der Waals surface area contributed by atoms with E-state index in [9.17, 15) is 29.2 Å². The lowest BCUT2D eigenvalue weighted by Crippen LogP contribution is -2.39. The monoisotopic (exact) mass is 1350 g/mol. The molecule has 7 aromatic carbocycles. The summed E-state index contributed by atoms with van der Waals surface area (Å²) in [6.45, 7) is 10.8. The number of fused-ring (bicyclic) bond motifs is 3. The van der Waals surface area contributed by atoms with Gasteiger partial charge in [-0.05, 0) is 152 Å². The van der Waals surface area contributed by atoms with Crippen LogP contribution in [0.4, 0.5) is 10.6 Å². The third-order valence-electron chi connectivity index (χ3n) is 17.2. The van der Waals surface area contributed by atoms with E-state index in [1.54, 1.807) is 59.7 Å². The van der Waals surface area contributed by atoms with Crippen molar-refractivity contribution >= 4 is 37.9 Å². The Hall–Kier alpha value is -9.38. The summed E-state index contributed by atoms with van der Waals surface area (Å²) < 4.78 is 52.9. The minimum Gasteiger partial charge on any atom is -0.497 e. The predicted molar refractivity (Wildman–Crippen MR) is 377 cm³/mol. The second-order valence-electron chi connectivity index (χ2n) is 24.6. The standard InChI is InChI=1S/C57H64N5O10P.C21H23NO3/c1-39(2)62(40(3)4)73(70-35-11-33-58)72-51-37-54(71-52(51)38-69-57(44-12-9-8-10-13-44,45-21-28-49(67-6)29-22-45)46-23-30-50(68-7)31-24-46)61-34-32-53(60-56(61)65)59-55(64)43-19-14-41(15-20-43)16-25-47(63)36-42-17-26-48(66-5)27-18-42;1-15(23)8-7-13-22(2)21(24)25-14-20-18-11-5-3-9-16(18)17-10-4-6-12-19(17)20/h8-10,12-15,17-24,26-32,34,39-40,51-52,54H,11,16,25,35-38H2,1-7H3,(H,59,60,64,65);3-6,9-12,20H,7-8,13-14H2,1-2H3/t51-,52-,54-,73?;/m1./s1. The highest BCUT2D eigenvalue weighted by atomic mass is 31.2. The number of benzene rings is 7. The second kappa shape index (κ2) is 35.2. The Morgan fingerprint density at radius 3 is 1.81 bits per heavy atom. The number of hydrogen-bond donors (Lipinski definition) is 1. The highest BCUT2D eigenvalue weighted by Crippen LogP contribution is 2.51. The molecule has 2 amide bonds. The van der Waals surface area contributed by atoms with Crippen LogP contribution in [0.5, 0.6) is 17.2 Å². The van der Waals surface area contributed by atoms with Gasteiger partial charge in [-0.15, -0.1) is 0 Å². The number of aromatic nitrogens is 2. The first-order chi connectivity index (χ1) is 47.4. The zero-order valence-electron chi connectivity index (χ0n) is 57.1. The van der Waals surface area contributed by atoms with Crippen LogP contribution in [0.2, 0.25) is 0 Å².